The Balaban J connectivity index is 2.05. The monoisotopic (exact) mass is 302 g/mol. The van der Waals surface area contributed by atoms with Crippen molar-refractivity contribution in [1.29, 1.82) is 0 Å². The van der Waals surface area contributed by atoms with Crippen molar-refractivity contribution in [3.05, 3.63) is 65.7 Å². The molecular formula is C21H18O2. The molecule has 0 saturated carbocycles. The van der Waals surface area contributed by atoms with Gasteiger partial charge in [0.15, 0.2) is 0 Å². The van der Waals surface area contributed by atoms with E-state index in [0.29, 0.717) is 18.6 Å². The third kappa shape index (κ3) is 2.31. The highest BCUT2D eigenvalue weighted by Crippen LogP contribution is 2.40. The Morgan fingerprint density at radius 1 is 0.913 bits per heavy atom. The molecule has 2 nitrogen and oxygen atoms in total. The van der Waals surface area contributed by atoms with Crippen molar-refractivity contribution in [3.8, 4) is 16.9 Å². The van der Waals surface area contributed by atoms with E-state index in [2.05, 4.69) is 36.4 Å². The second-order valence-corrected chi connectivity index (χ2v) is 6.02. The van der Waals surface area contributed by atoms with Gasteiger partial charge in [-0.25, -0.2) is 0 Å². The summed E-state index contributed by atoms with van der Waals surface area (Å²) in [6.45, 7) is 0. The average Bonchev–Trinajstić information content (AvgIpc) is 2.60. The molecule has 0 aliphatic heterocycles. The molecule has 0 fully saturated rings. The summed E-state index contributed by atoms with van der Waals surface area (Å²) in [5.74, 6) is 1.18. The third-order valence-corrected chi connectivity index (χ3v) is 4.70. The number of fused-ring (bicyclic) bond motifs is 2. The maximum Gasteiger partial charge on any atom is 0.137 e. The van der Waals surface area contributed by atoms with Gasteiger partial charge < -0.3 is 4.74 Å². The highest BCUT2D eigenvalue weighted by molar-refractivity contribution is 6.01. The van der Waals surface area contributed by atoms with Crippen LogP contribution >= 0.6 is 0 Å². The van der Waals surface area contributed by atoms with Crippen molar-refractivity contribution in [1.82, 2.24) is 0 Å². The number of ether oxygens (including phenoxy) is 1. The van der Waals surface area contributed by atoms with Crippen molar-refractivity contribution < 1.29 is 9.53 Å². The van der Waals surface area contributed by atoms with Gasteiger partial charge in [0.2, 0.25) is 0 Å². The highest BCUT2D eigenvalue weighted by Gasteiger charge is 2.21. The number of carbonyl (C=O) groups excluding carboxylic acids is 1. The number of aryl methyl sites for hydroxylation is 1. The van der Waals surface area contributed by atoms with E-state index in [1.165, 1.54) is 21.9 Å². The fourth-order valence-corrected chi connectivity index (χ4v) is 3.57. The minimum Gasteiger partial charge on any atom is -0.496 e. The molecule has 0 saturated heterocycles. The van der Waals surface area contributed by atoms with Gasteiger partial charge in [-0.2, -0.15) is 0 Å². The maximum absolute atomic E-state index is 12.0. The van der Waals surface area contributed by atoms with Gasteiger partial charge in [-0.15, -0.1) is 0 Å². The van der Waals surface area contributed by atoms with E-state index >= 15 is 0 Å². The second-order valence-electron chi connectivity index (χ2n) is 6.02. The van der Waals surface area contributed by atoms with E-state index in [4.69, 9.17) is 4.74 Å². The van der Waals surface area contributed by atoms with Crippen molar-refractivity contribution in [2.75, 3.05) is 7.11 Å². The molecule has 0 bridgehead atoms. The zero-order valence-corrected chi connectivity index (χ0v) is 13.1. The van der Waals surface area contributed by atoms with Crippen molar-refractivity contribution in [2.45, 2.75) is 19.3 Å². The first kappa shape index (κ1) is 14.0. The first-order valence-corrected chi connectivity index (χ1v) is 7.96. The van der Waals surface area contributed by atoms with Crippen molar-refractivity contribution >= 4 is 16.6 Å². The fourth-order valence-electron chi connectivity index (χ4n) is 3.57. The molecule has 114 valence electrons. The summed E-state index contributed by atoms with van der Waals surface area (Å²) >= 11 is 0. The summed E-state index contributed by atoms with van der Waals surface area (Å²) in [6, 6.07) is 18.8. The lowest BCUT2D eigenvalue weighted by molar-refractivity contribution is -0.118. The Morgan fingerprint density at radius 2 is 1.78 bits per heavy atom. The van der Waals surface area contributed by atoms with Gasteiger partial charge in [0, 0.05) is 18.4 Å². The number of hydrogen-bond acceptors (Lipinski definition) is 2. The average molecular weight is 302 g/mol. The highest BCUT2D eigenvalue weighted by atomic mass is 16.5. The van der Waals surface area contributed by atoms with Gasteiger partial charge in [-0.05, 0) is 39.9 Å². The summed E-state index contributed by atoms with van der Waals surface area (Å²) < 4.78 is 5.64. The van der Waals surface area contributed by atoms with E-state index in [-0.39, 0.29) is 0 Å². The largest absolute Gasteiger partial charge is 0.496 e. The van der Waals surface area contributed by atoms with Gasteiger partial charge in [-0.3, -0.25) is 4.79 Å². The zero-order chi connectivity index (χ0) is 15.8. The van der Waals surface area contributed by atoms with E-state index in [1.807, 2.05) is 18.2 Å². The summed E-state index contributed by atoms with van der Waals surface area (Å²) in [7, 11) is 1.70. The van der Waals surface area contributed by atoms with Crippen molar-refractivity contribution in [2.24, 2.45) is 0 Å². The third-order valence-electron chi connectivity index (χ3n) is 4.70. The lowest BCUT2D eigenvalue weighted by Gasteiger charge is -2.21. The van der Waals surface area contributed by atoms with Gasteiger partial charge in [0.25, 0.3) is 0 Å². The predicted octanol–water partition coefficient (Wildman–Crippen LogP) is 4.57. The molecule has 3 aromatic rings. The van der Waals surface area contributed by atoms with Gasteiger partial charge in [0.1, 0.15) is 11.5 Å². The second kappa shape index (κ2) is 5.54. The zero-order valence-electron chi connectivity index (χ0n) is 13.1. The molecule has 1 aliphatic rings. The topological polar surface area (TPSA) is 26.3 Å². The molecule has 23 heavy (non-hydrogen) atoms. The molecule has 1 aliphatic carbocycles. The quantitative estimate of drug-likeness (QED) is 0.693. The van der Waals surface area contributed by atoms with Crippen LogP contribution in [-0.2, 0) is 17.6 Å². The van der Waals surface area contributed by atoms with Gasteiger partial charge >= 0.3 is 0 Å². The lowest BCUT2D eigenvalue weighted by Crippen LogP contribution is -2.14. The van der Waals surface area contributed by atoms with Crippen LogP contribution in [0.2, 0.25) is 0 Å². The van der Waals surface area contributed by atoms with E-state index in [9.17, 15) is 4.79 Å². The molecule has 0 heterocycles. The van der Waals surface area contributed by atoms with Crippen LogP contribution in [0.1, 0.15) is 17.5 Å². The van der Waals surface area contributed by atoms with Crippen LogP contribution in [0, 0.1) is 0 Å². The van der Waals surface area contributed by atoms with E-state index in [1.54, 1.807) is 7.11 Å². The van der Waals surface area contributed by atoms with E-state index in [0.717, 1.165) is 23.3 Å². The number of methoxy groups -OCH3 is 1. The number of ketones is 1. The molecule has 4 rings (SSSR count). The Morgan fingerprint density at radius 3 is 2.65 bits per heavy atom. The molecule has 0 radical (unpaired) electrons. The Labute approximate surface area is 135 Å². The fraction of sp³-hybridized carbons (Fsp3) is 0.190. The van der Waals surface area contributed by atoms with Crippen LogP contribution in [0.3, 0.4) is 0 Å². The van der Waals surface area contributed by atoms with Crippen molar-refractivity contribution in [3.63, 3.8) is 0 Å². The Bertz CT molecular complexity index is 909. The van der Waals surface area contributed by atoms with Crippen LogP contribution in [0.15, 0.2) is 54.6 Å². The molecule has 0 spiro atoms. The minimum atomic E-state index is 0.323. The molecular weight excluding hydrogens is 284 g/mol. The normalized spacial score (nSPS) is 13.9. The molecule has 0 amide bonds. The van der Waals surface area contributed by atoms with Crippen LogP contribution < -0.4 is 4.74 Å². The van der Waals surface area contributed by atoms with Gasteiger partial charge in [-0.1, -0.05) is 48.5 Å². The number of carbonyl (C=O) groups is 1. The summed E-state index contributed by atoms with van der Waals surface area (Å²) in [4.78, 5) is 12.0. The molecule has 0 atom stereocenters. The summed E-state index contributed by atoms with van der Waals surface area (Å²) in [6.07, 6.45) is 2.02. The molecule has 0 unspecified atom stereocenters. The summed E-state index contributed by atoms with van der Waals surface area (Å²) in [5.41, 5.74) is 4.68. The first-order valence-electron chi connectivity index (χ1n) is 7.96. The minimum absolute atomic E-state index is 0.323. The molecule has 2 heteroatoms. The maximum atomic E-state index is 12.0. The van der Waals surface area contributed by atoms with Crippen LogP contribution in [0.5, 0.6) is 5.75 Å². The lowest BCUT2D eigenvalue weighted by atomic mass is 9.84. The molecule has 0 N–H and O–H groups in total. The molecule has 3 aromatic carbocycles. The van der Waals surface area contributed by atoms with E-state index < -0.39 is 0 Å². The van der Waals surface area contributed by atoms with Gasteiger partial charge in [0.05, 0.1) is 7.11 Å². The Kier molecular flexibility index (Phi) is 3.38. The predicted molar refractivity (Wildman–Crippen MR) is 93.0 cm³/mol. The number of rotatable bonds is 2. The smallest absolute Gasteiger partial charge is 0.137 e. The Hall–Kier alpha value is -2.61. The number of Topliss-reactive ketones (excluding diaryl/α,β-unsaturated/α-hetero) is 1. The standard InChI is InChI=1S/C21H18O2/c1-23-20-12-10-14-5-2-3-7-17(14)21(20)18-8-4-6-15-9-11-16(22)13-19(15)18/h2-8,10,12H,9,11,13H2,1H3. The van der Waals surface area contributed by atoms with Crippen LogP contribution in [0.25, 0.3) is 21.9 Å². The number of hydrogen-bond donors (Lipinski definition) is 0. The first-order chi connectivity index (χ1) is 11.3. The number of benzene rings is 3. The van der Waals surface area contributed by atoms with Crippen LogP contribution in [0.4, 0.5) is 0 Å². The SMILES string of the molecule is COc1ccc2ccccc2c1-c1cccc2c1CC(=O)CC2. The summed E-state index contributed by atoms with van der Waals surface area (Å²) in [5, 5.41) is 2.35. The van der Waals surface area contributed by atoms with Crippen LogP contribution in [-0.4, -0.2) is 12.9 Å². The molecule has 0 aromatic heterocycles.